The molecule has 0 bridgehead atoms. The standard InChI is InChI=1S/C14H21N3/c1-2-14(15)17-10-8-16(9-11-17)12-13-6-4-3-5-7-13/h3-7,15H,2,8-12H2,1H3. The molecule has 0 saturated carbocycles. The van der Waals surface area contributed by atoms with Crippen LogP contribution in [0.25, 0.3) is 0 Å². The van der Waals surface area contributed by atoms with Crippen LogP contribution >= 0.6 is 0 Å². The van der Waals surface area contributed by atoms with Gasteiger partial charge in [-0.2, -0.15) is 0 Å². The maximum atomic E-state index is 7.83. The number of rotatable bonds is 3. The van der Waals surface area contributed by atoms with E-state index in [1.54, 1.807) is 0 Å². The van der Waals surface area contributed by atoms with E-state index in [0.717, 1.165) is 45.0 Å². The molecule has 0 spiro atoms. The quantitative estimate of drug-likeness (QED) is 0.638. The normalized spacial score (nSPS) is 17.1. The Balaban J connectivity index is 1.82. The zero-order valence-corrected chi connectivity index (χ0v) is 10.5. The lowest BCUT2D eigenvalue weighted by atomic mass is 10.2. The second kappa shape index (κ2) is 5.82. The third kappa shape index (κ3) is 3.30. The van der Waals surface area contributed by atoms with Gasteiger partial charge >= 0.3 is 0 Å². The van der Waals surface area contributed by atoms with Gasteiger partial charge in [-0.25, -0.2) is 0 Å². The minimum atomic E-state index is 0.782. The Hall–Kier alpha value is -1.35. The van der Waals surface area contributed by atoms with Crippen molar-refractivity contribution in [1.82, 2.24) is 9.80 Å². The SMILES string of the molecule is CCC(=N)N1CCN(Cc2ccccc2)CC1. The molecule has 2 rings (SSSR count). The van der Waals surface area contributed by atoms with E-state index >= 15 is 0 Å². The average Bonchev–Trinajstić information content (AvgIpc) is 2.40. The van der Waals surface area contributed by atoms with E-state index in [4.69, 9.17) is 5.41 Å². The lowest BCUT2D eigenvalue weighted by Gasteiger charge is -2.36. The number of hydrogen-bond donors (Lipinski definition) is 1. The maximum absolute atomic E-state index is 7.83. The molecule has 1 aliphatic rings. The molecule has 1 aromatic carbocycles. The zero-order valence-electron chi connectivity index (χ0n) is 10.5. The summed E-state index contributed by atoms with van der Waals surface area (Å²) >= 11 is 0. The van der Waals surface area contributed by atoms with Crippen LogP contribution in [0.3, 0.4) is 0 Å². The molecule has 0 atom stereocenters. The fourth-order valence-corrected chi connectivity index (χ4v) is 2.24. The second-order valence-corrected chi connectivity index (χ2v) is 4.55. The van der Waals surface area contributed by atoms with Crippen LogP contribution in [-0.2, 0) is 6.54 Å². The van der Waals surface area contributed by atoms with Gasteiger partial charge in [-0.05, 0) is 5.56 Å². The monoisotopic (exact) mass is 231 g/mol. The molecule has 1 fully saturated rings. The van der Waals surface area contributed by atoms with E-state index in [1.165, 1.54) is 5.56 Å². The number of hydrogen-bond acceptors (Lipinski definition) is 2. The summed E-state index contributed by atoms with van der Waals surface area (Å²) in [7, 11) is 0. The summed E-state index contributed by atoms with van der Waals surface area (Å²) in [6.07, 6.45) is 0.846. The Morgan fingerprint density at radius 2 is 1.76 bits per heavy atom. The van der Waals surface area contributed by atoms with Gasteiger partial charge in [-0.1, -0.05) is 37.3 Å². The predicted molar refractivity (Wildman–Crippen MR) is 71.3 cm³/mol. The van der Waals surface area contributed by atoms with E-state index in [9.17, 15) is 0 Å². The van der Waals surface area contributed by atoms with Gasteiger partial charge in [-0.3, -0.25) is 10.3 Å². The van der Waals surface area contributed by atoms with Crippen LogP contribution in [0.15, 0.2) is 30.3 Å². The molecule has 1 N–H and O–H groups in total. The number of nitrogens with one attached hydrogen (secondary N) is 1. The molecule has 0 radical (unpaired) electrons. The Labute approximate surface area is 104 Å². The summed E-state index contributed by atoms with van der Waals surface area (Å²) in [6, 6.07) is 10.6. The molecule has 0 aliphatic carbocycles. The largest absolute Gasteiger partial charge is 0.358 e. The predicted octanol–water partition coefficient (Wildman–Crippen LogP) is 2.19. The summed E-state index contributed by atoms with van der Waals surface area (Å²) in [6.45, 7) is 7.22. The number of benzene rings is 1. The van der Waals surface area contributed by atoms with Crippen LogP contribution in [0.5, 0.6) is 0 Å². The molecule has 0 unspecified atom stereocenters. The lowest BCUT2D eigenvalue weighted by Crippen LogP contribution is -2.47. The van der Waals surface area contributed by atoms with E-state index in [-0.39, 0.29) is 0 Å². The average molecular weight is 231 g/mol. The van der Waals surface area contributed by atoms with E-state index in [1.807, 2.05) is 0 Å². The summed E-state index contributed by atoms with van der Waals surface area (Å²) in [5.41, 5.74) is 1.38. The van der Waals surface area contributed by atoms with Crippen LogP contribution < -0.4 is 0 Å². The van der Waals surface area contributed by atoms with Gasteiger partial charge in [-0.15, -0.1) is 0 Å². The van der Waals surface area contributed by atoms with Crippen molar-refractivity contribution in [3.63, 3.8) is 0 Å². The van der Waals surface area contributed by atoms with Crippen LogP contribution in [0.4, 0.5) is 0 Å². The van der Waals surface area contributed by atoms with Gasteiger partial charge in [0.05, 0.1) is 5.84 Å². The first kappa shape index (κ1) is 12.1. The molecule has 1 aliphatic heterocycles. The molecular weight excluding hydrogens is 210 g/mol. The van der Waals surface area contributed by atoms with Crippen molar-refractivity contribution in [1.29, 1.82) is 5.41 Å². The van der Waals surface area contributed by atoms with Crippen LogP contribution in [0.2, 0.25) is 0 Å². The summed E-state index contributed by atoms with van der Waals surface area (Å²) in [4.78, 5) is 4.66. The molecule has 0 amide bonds. The van der Waals surface area contributed by atoms with Crippen molar-refractivity contribution in [2.75, 3.05) is 26.2 Å². The zero-order chi connectivity index (χ0) is 12.1. The number of nitrogens with zero attached hydrogens (tertiary/aromatic N) is 2. The van der Waals surface area contributed by atoms with Gasteiger partial charge < -0.3 is 4.90 Å². The minimum absolute atomic E-state index is 0.782. The molecule has 0 aromatic heterocycles. The van der Waals surface area contributed by atoms with Crippen LogP contribution in [0.1, 0.15) is 18.9 Å². The molecule has 1 aromatic rings. The fraction of sp³-hybridized carbons (Fsp3) is 0.500. The maximum Gasteiger partial charge on any atom is 0.0955 e. The van der Waals surface area contributed by atoms with Crippen molar-refractivity contribution in [3.8, 4) is 0 Å². The van der Waals surface area contributed by atoms with Gasteiger partial charge in [0.15, 0.2) is 0 Å². The van der Waals surface area contributed by atoms with Crippen molar-refractivity contribution in [3.05, 3.63) is 35.9 Å². The van der Waals surface area contributed by atoms with Gasteiger partial charge in [0.2, 0.25) is 0 Å². The number of piperazine rings is 1. The summed E-state index contributed by atoms with van der Waals surface area (Å²) < 4.78 is 0. The third-order valence-corrected chi connectivity index (χ3v) is 3.34. The first-order valence-electron chi connectivity index (χ1n) is 6.38. The molecule has 3 nitrogen and oxygen atoms in total. The highest BCUT2D eigenvalue weighted by molar-refractivity contribution is 5.78. The molecule has 1 saturated heterocycles. The fourth-order valence-electron chi connectivity index (χ4n) is 2.24. The minimum Gasteiger partial charge on any atom is -0.358 e. The number of amidine groups is 1. The van der Waals surface area contributed by atoms with Crippen LogP contribution in [-0.4, -0.2) is 41.8 Å². The highest BCUT2D eigenvalue weighted by Gasteiger charge is 2.17. The van der Waals surface area contributed by atoms with E-state index in [2.05, 4.69) is 47.1 Å². The first-order chi connectivity index (χ1) is 8.29. The van der Waals surface area contributed by atoms with Gasteiger partial charge in [0, 0.05) is 39.1 Å². The van der Waals surface area contributed by atoms with Gasteiger partial charge in [0.1, 0.15) is 0 Å². The van der Waals surface area contributed by atoms with Crippen molar-refractivity contribution < 1.29 is 0 Å². The molecule has 17 heavy (non-hydrogen) atoms. The molecule has 3 heteroatoms. The Morgan fingerprint density at radius 3 is 2.35 bits per heavy atom. The van der Waals surface area contributed by atoms with Crippen molar-refractivity contribution >= 4 is 5.84 Å². The molecular formula is C14H21N3. The Kier molecular flexibility index (Phi) is 4.15. The van der Waals surface area contributed by atoms with E-state index < -0.39 is 0 Å². The van der Waals surface area contributed by atoms with Gasteiger partial charge in [0.25, 0.3) is 0 Å². The topological polar surface area (TPSA) is 30.3 Å². The van der Waals surface area contributed by atoms with Crippen molar-refractivity contribution in [2.45, 2.75) is 19.9 Å². The van der Waals surface area contributed by atoms with Crippen molar-refractivity contribution in [2.24, 2.45) is 0 Å². The highest BCUT2D eigenvalue weighted by atomic mass is 15.3. The van der Waals surface area contributed by atoms with Crippen LogP contribution in [0, 0.1) is 5.41 Å². The first-order valence-corrected chi connectivity index (χ1v) is 6.38. The summed E-state index contributed by atoms with van der Waals surface area (Å²) in [5, 5.41) is 7.83. The Bertz CT molecular complexity index is 353. The summed E-state index contributed by atoms with van der Waals surface area (Å²) in [5.74, 6) is 0.782. The lowest BCUT2D eigenvalue weighted by molar-refractivity contribution is 0.173. The highest BCUT2D eigenvalue weighted by Crippen LogP contribution is 2.09. The third-order valence-electron chi connectivity index (χ3n) is 3.34. The smallest absolute Gasteiger partial charge is 0.0955 e. The van der Waals surface area contributed by atoms with E-state index in [0.29, 0.717) is 0 Å². The molecule has 1 heterocycles. The molecule has 92 valence electrons. The Morgan fingerprint density at radius 1 is 1.12 bits per heavy atom. The second-order valence-electron chi connectivity index (χ2n) is 4.55.